The lowest BCUT2D eigenvalue weighted by atomic mass is 9.95. The van der Waals surface area contributed by atoms with Crippen LogP contribution in [0.25, 0.3) is 0 Å². The molecule has 1 aromatic heterocycles. The Bertz CT molecular complexity index is 1610. The molecule has 0 saturated carbocycles. The van der Waals surface area contributed by atoms with Crippen molar-refractivity contribution in [1.29, 1.82) is 0 Å². The van der Waals surface area contributed by atoms with Gasteiger partial charge in [0.15, 0.2) is 0 Å². The molecule has 11 nitrogen and oxygen atoms in total. The third-order valence-corrected chi connectivity index (χ3v) is 12.9. The summed E-state index contributed by atoms with van der Waals surface area (Å²) >= 11 is 7.71. The van der Waals surface area contributed by atoms with E-state index in [1.807, 2.05) is 15.7 Å². The van der Waals surface area contributed by atoms with E-state index in [-0.39, 0.29) is 35.0 Å². The van der Waals surface area contributed by atoms with Gasteiger partial charge in [0.05, 0.1) is 22.0 Å². The highest BCUT2D eigenvalue weighted by molar-refractivity contribution is 7.08. The number of benzene rings is 1. The van der Waals surface area contributed by atoms with Crippen molar-refractivity contribution in [2.75, 3.05) is 63.9 Å². The van der Waals surface area contributed by atoms with Crippen LogP contribution in [0.3, 0.4) is 0 Å². The lowest BCUT2D eigenvalue weighted by molar-refractivity contribution is -0.137. The van der Waals surface area contributed by atoms with Gasteiger partial charge in [-0.25, -0.2) is 9.59 Å². The van der Waals surface area contributed by atoms with Gasteiger partial charge < -0.3 is 36.0 Å². The van der Waals surface area contributed by atoms with Gasteiger partial charge >= 0.3 is 18.2 Å². The summed E-state index contributed by atoms with van der Waals surface area (Å²) in [5.41, 5.74) is 6.15. The second-order valence-corrected chi connectivity index (χ2v) is 15.8. The number of thiophene rings is 1. The largest absolute Gasteiger partial charge is 0.418 e. The SMILES string of the molecule is CN1C2CCC1CC(N1CCN(C(=O)[C@@H](Cc3cc(Cl)c(N)c(C(F)(F)F)c3)NC(=O)N3CCC(N4CCc5cscc5NC4=O)CC3)CC1)C2. The van der Waals surface area contributed by atoms with Crippen molar-refractivity contribution < 1.29 is 27.6 Å². The number of nitrogens with two attached hydrogens (primary N) is 1. The number of hydrogen-bond acceptors (Lipinski definition) is 7. The fourth-order valence-electron chi connectivity index (χ4n) is 8.80. The molecule has 51 heavy (non-hydrogen) atoms. The smallest absolute Gasteiger partial charge is 0.397 e. The van der Waals surface area contributed by atoms with Crippen LogP contribution in [0.2, 0.25) is 5.02 Å². The number of rotatable bonds is 6. The predicted octanol–water partition coefficient (Wildman–Crippen LogP) is 4.95. The fraction of sp³-hybridized carbons (Fsp3) is 0.629. The Hall–Kier alpha value is -3.27. The van der Waals surface area contributed by atoms with Crippen LogP contribution in [0.1, 0.15) is 55.2 Å². The molecule has 16 heteroatoms. The first-order valence-electron chi connectivity index (χ1n) is 17.9. The molecule has 2 bridgehead atoms. The van der Waals surface area contributed by atoms with Gasteiger partial charge in [0.2, 0.25) is 5.91 Å². The maximum atomic E-state index is 14.1. The normalized spacial score (nSPS) is 25.7. The molecule has 5 aliphatic rings. The van der Waals surface area contributed by atoms with E-state index in [1.54, 1.807) is 21.1 Å². The van der Waals surface area contributed by atoms with Crippen molar-refractivity contribution in [3.8, 4) is 0 Å². The van der Waals surface area contributed by atoms with Gasteiger partial charge in [0.1, 0.15) is 6.04 Å². The van der Waals surface area contributed by atoms with E-state index in [0.717, 1.165) is 36.6 Å². The number of likely N-dealkylation sites (tertiary alicyclic amines) is 1. The third kappa shape index (κ3) is 7.63. The van der Waals surface area contributed by atoms with E-state index < -0.39 is 29.5 Å². The number of hydrogen-bond donors (Lipinski definition) is 3. The standard InChI is InChI=1S/C35H46ClF3N8O3S/c1-43-24-2-3-25(43)18-26(17-24)44-10-12-45(13-11-44)32(48)29(16-21-14-27(35(37,38)39)31(40)28(36)15-21)41-33(49)46-7-5-23(6-8-46)47-9-4-22-19-51-20-30(22)42-34(47)50/h14-15,19-20,23-26,29H,2-13,16-18,40H2,1H3,(H,41,49)(H,42,50)/t24?,25?,26?,29-/m1/s1. The second-order valence-electron chi connectivity index (χ2n) is 14.7. The summed E-state index contributed by atoms with van der Waals surface area (Å²) in [7, 11) is 2.21. The highest BCUT2D eigenvalue weighted by Crippen LogP contribution is 2.39. The van der Waals surface area contributed by atoms with Crippen LogP contribution in [0.15, 0.2) is 22.9 Å². The minimum atomic E-state index is -4.74. The molecular formula is C35H46ClF3N8O3S. The molecule has 4 N–H and O–H groups in total. The van der Waals surface area contributed by atoms with Gasteiger partial charge in [0, 0.05) is 81.8 Å². The van der Waals surface area contributed by atoms with E-state index in [1.165, 1.54) is 18.9 Å². The summed E-state index contributed by atoms with van der Waals surface area (Å²) in [4.78, 5) is 51.0. The summed E-state index contributed by atoms with van der Waals surface area (Å²) in [6, 6.07) is 2.14. The Balaban J connectivity index is 1.01. The maximum Gasteiger partial charge on any atom is 0.418 e. The van der Waals surface area contributed by atoms with Crippen LogP contribution in [0.4, 0.5) is 34.1 Å². The van der Waals surface area contributed by atoms with Crippen LogP contribution in [-0.4, -0.2) is 126 Å². The molecule has 7 rings (SSSR count). The zero-order valence-electron chi connectivity index (χ0n) is 28.8. The van der Waals surface area contributed by atoms with Gasteiger partial charge in [-0.1, -0.05) is 11.6 Å². The fourth-order valence-corrected chi connectivity index (χ4v) is 9.86. The quantitative estimate of drug-likeness (QED) is 0.360. The number of carbonyl (C=O) groups excluding carboxylic acids is 3. The van der Waals surface area contributed by atoms with Crippen molar-refractivity contribution in [2.24, 2.45) is 0 Å². The number of halogens is 4. The number of nitrogen functional groups attached to an aromatic ring is 1. The molecule has 0 spiro atoms. The Labute approximate surface area is 305 Å². The van der Waals surface area contributed by atoms with Crippen molar-refractivity contribution in [3.05, 3.63) is 44.6 Å². The molecule has 2 aromatic rings. The Morgan fingerprint density at radius 1 is 0.961 bits per heavy atom. The molecule has 1 aromatic carbocycles. The van der Waals surface area contributed by atoms with Crippen LogP contribution in [0.5, 0.6) is 0 Å². The number of nitrogens with zero attached hydrogens (tertiary/aromatic N) is 5. The Kier molecular flexibility index (Phi) is 10.4. The minimum Gasteiger partial charge on any atom is -0.397 e. The number of urea groups is 2. The number of fused-ring (bicyclic) bond motifs is 3. The van der Waals surface area contributed by atoms with Gasteiger partial charge in [-0.15, -0.1) is 11.3 Å². The first-order chi connectivity index (χ1) is 24.4. The molecule has 2 unspecified atom stereocenters. The van der Waals surface area contributed by atoms with Gasteiger partial charge in [-0.05, 0) is 80.6 Å². The van der Waals surface area contributed by atoms with Gasteiger partial charge in [-0.3, -0.25) is 9.69 Å². The van der Waals surface area contributed by atoms with Gasteiger partial charge in [0.25, 0.3) is 0 Å². The first kappa shape index (κ1) is 36.1. The topological polar surface area (TPSA) is 117 Å². The molecule has 0 aliphatic carbocycles. The molecule has 5 amide bonds. The zero-order valence-corrected chi connectivity index (χ0v) is 30.3. The first-order valence-corrected chi connectivity index (χ1v) is 19.3. The van der Waals surface area contributed by atoms with E-state index in [4.69, 9.17) is 17.3 Å². The van der Waals surface area contributed by atoms with Crippen molar-refractivity contribution in [2.45, 2.75) is 87.8 Å². The van der Waals surface area contributed by atoms with Crippen molar-refractivity contribution in [3.63, 3.8) is 0 Å². The number of nitrogens with one attached hydrogen (secondary N) is 2. The molecule has 278 valence electrons. The Morgan fingerprint density at radius 3 is 2.31 bits per heavy atom. The Morgan fingerprint density at radius 2 is 1.65 bits per heavy atom. The van der Waals surface area contributed by atoms with Crippen LogP contribution in [-0.2, 0) is 23.8 Å². The third-order valence-electron chi connectivity index (χ3n) is 11.8. The second kappa shape index (κ2) is 14.6. The van der Waals surface area contributed by atoms with E-state index in [2.05, 4.69) is 27.5 Å². The lowest BCUT2D eigenvalue weighted by Crippen LogP contribution is -2.60. The summed E-state index contributed by atoms with van der Waals surface area (Å²) in [5.74, 6) is -0.337. The number of anilines is 2. The molecule has 3 atom stereocenters. The highest BCUT2D eigenvalue weighted by atomic mass is 35.5. The molecule has 0 radical (unpaired) electrons. The zero-order chi connectivity index (χ0) is 36.0. The number of piperazine rings is 1. The predicted molar refractivity (Wildman–Crippen MR) is 191 cm³/mol. The average molecular weight is 751 g/mol. The summed E-state index contributed by atoms with van der Waals surface area (Å²) in [5, 5.41) is 9.59. The number of amides is 5. The summed E-state index contributed by atoms with van der Waals surface area (Å²) in [6.07, 6.45) is 1.65. The summed E-state index contributed by atoms with van der Waals surface area (Å²) in [6.45, 7) is 3.67. The molecule has 4 fully saturated rings. The molecule has 6 heterocycles. The van der Waals surface area contributed by atoms with Crippen LogP contribution >= 0.6 is 22.9 Å². The summed E-state index contributed by atoms with van der Waals surface area (Å²) < 4.78 is 41.6. The monoisotopic (exact) mass is 750 g/mol. The number of alkyl halides is 3. The van der Waals surface area contributed by atoms with E-state index in [0.29, 0.717) is 76.8 Å². The van der Waals surface area contributed by atoms with Crippen molar-refractivity contribution >= 4 is 52.3 Å². The van der Waals surface area contributed by atoms with Gasteiger partial charge in [-0.2, -0.15) is 13.2 Å². The maximum absolute atomic E-state index is 14.1. The minimum absolute atomic E-state index is 0.0482. The lowest BCUT2D eigenvalue weighted by Gasteiger charge is -2.45. The van der Waals surface area contributed by atoms with E-state index in [9.17, 15) is 27.6 Å². The molecule has 4 saturated heterocycles. The molecular weight excluding hydrogens is 705 g/mol. The number of piperidine rings is 2. The van der Waals surface area contributed by atoms with E-state index >= 15 is 0 Å². The highest BCUT2D eigenvalue weighted by Gasteiger charge is 2.42. The molecule has 5 aliphatic heterocycles. The van der Waals surface area contributed by atoms with Crippen LogP contribution < -0.4 is 16.4 Å². The van der Waals surface area contributed by atoms with Crippen molar-refractivity contribution in [1.82, 2.24) is 29.8 Å². The van der Waals surface area contributed by atoms with Crippen LogP contribution in [0, 0.1) is 0 Å². The number of carbonyl (C=O) groups is 3. The average Bonchev–Trinajstić information content (AvgIpc) is 3.55.